The number of halogens is 1. The molecule has 0 radical (unpaired) electrons. The fourth-order valence-corrected chi connectivity index (χ4v) is 3.79. The van der Waals surface area contributed by atoms with Gasteiger partial charge in [0, 0.05) is 11.6 Å². The standard InChI is InChI=1S/C19H21BClNO4S/c1-14-19(2,3)26-20(25-14)16-6-4-15(5-7-16)12-13-22-27(23,24)18-10-8-17(21)9-11-18/h4-11,22H,1,12-13H2,2-3H3. The molecule has 142 valence electrons. The Morgan fingerprint density at radius 3 is 2.30 bits per heavy atom. The topological polar surface area (TPSA) is 64.6 Å². The summed E-state index contributed by atoms with van der Waals surface area (Å²) in [5.41, 5.74) is 1.39. The molecule has 1 saturated heterocycles. The maximum Gasteiger partial charge on any atom is 0.563 e. The van der Waals surface area contributed by atoms with Gasteiger partial charge in [-0.15, -0.1) is 0 Å². The van der Waals surface area contributed by atoms with Crippen molar-refractivity contribution in [2.45, 2.75) is 30.8 Å². The summed E-state index contributed by atoms with van der Waals surface area (Å²) in [6.07, 6.45) is 0.567. The van der Waals surface area contributed by atoms with Crippen LogP contribution in [0.2, 0.25) is 5.02 Å². The summed E-state index contributed by atoms with van der Waals surface area (Å²) in [7, 11) is -4.01. The highest BCUT2D eigenvalue weighted by atomic mass is 35.5. The number of sulfonamides is 1. The third-order valence-corrected chi connectivity index (χ3v) is 6.13. The molecule has 1 aliphatic heterocycles. The molecule has 0 bridgehead atoms. The molecular formula is C19H21BClNO4S. The van der Waals surface area contributed by atoms with E-state index < -0.39 is 22.7 Å². The predicted octanol–water partition coefficient (Wildman–Crippen LogP) is 2.90. The lowest BCUT2D eigenvalue weighted by molar-refractivity contribution is 0.173. The van der Waals surface area contributed by atoms with E-state index in [1.54, 1.807) is 12.1 Å². The summed E-state index contributed by atoms with van der Waals surface area (Å²) in [5, 5.41) is 0.497. The third-order valence-electron chi connectivity index (χ3n) is 4.40. The monoisotopic (exact) mass is 405 g/mol. The van der Waals surface area contributed by atoms with Crippen molar-refractivity contribution in [3.8, 4) is 0 Å². The van der Waals surface area contributed by atoms with E-state index in [1.807, 2.05) is 38.1 Å². The predicted molar refractivity (Wildman–Crippen MR) is 108 cm³/mol. The van der Waals surface area contributed by atoms with E-state index in [1.165, 1.54) is 12.1 Å². The second kappa shape index (κ2) is 7.68. The van der Waals surface area contributed by atoms with Crippen molar-refractivity contribution >= 4 is 34.2 Å². The summed E-state index contributed by atoms with van der Waals surface area (Å²) in [5.74, 6) is 0.605. The Morgan fingerprint density at radius 2 is 1.74 bits per heavy atom. The molecule has 1 fully saturated rings. The van der Waals surface area contributed by atoms with Gasteiger partial charge in [0.2, 0.25) is 10.0 Å². The molecule has 0 spiro atoms. The second-order valence-corrected chi connectivity index (χ2v) is 9.05. The number of rotatable bonds is 6. The van der Waals surface area contributed by atoms with E-state index >= 15 is 0 Å². The van der Waals surface area contributed by atoms with Gasteiger partial charge in [0.15, 0.2) is 0 Å². The van der Waals surface area contributed by atoms with Gasteiger partial charge in [0.25, 0.3) is 0 Å². The molecule has 0 saturated carbocycles. The first-order valence-corrected chi connectivity index (χ1v) is 10.4. The molecule has 0 unspecified atom stereocenters. The minimum Gasteiger partial charge on any atom is -0.534 e. The SMILES string of the molecule is C=C1OB(c2ccc(CCNS(=O)(=O)c3ccc(Cl)cc3)cc2)OC1(C)C. The zero-order valence-corrected chi connectivity index (χ0v) is 16.8. The average Bonchev–Trinajstić information content (AvgIpc) is 2.89. The van der Waals surface area contributed by atoms with Crippen LogP contribution in [0.25, 0.3) is 0 Å². The number of hydrogen-bond donors (Lipinski definition) is 1. The minimum atomic E-state index is -3.55. The van der Waals surface area contributed by atoms with Crippen LogP contribution >= 0.6 is 11.6 Å². The molecule has 0 aliphatic carbocycles. The van der Waals surface area contributed by atoms with E-state index in [9.17, 15) is 8.42 Å². The van der Waals surface area contributed by atoms with Gasteiger partial charge in [-0.05, 0) is 55.6 Å². The molecule has 5 nitrogen and oxygen atoms in total. The molecule has 1 aliphatic rings. The van der Waals surface area contributed by atoms with E-state index in [4.69, 9.17) is 20.9 Å². The quantitative estimate of drug-likeness (QED) is 0.751. The molecule has 0 aromatic heterocycles. The fraction of sp³-hybridized carbons (Fsp3) is 0.263. The van der Waals surface area contributed by atoms with Crippen molar-refractivity contribution in [1.29, 1.82) is 0 Å². The van der Waals surface area contributed by atoms with E-state index in [0.29, 0.717) is 23.7 Å². The van der Waals surface area contributed by atoms with Crippen LogP contribution in [-0.4, -0.2) is 27.7 Å². The first-order valence-electron chi connectivity index (χ1n) is 8.55. The number of benzene rings is 2. The molecule has 2 aromatic rings. The van der Waals surface area contributed by atoms with Crippen LogP contribution < -0.4 is 10.2 Å². The Hall–Kier alpha value is -1.80. The molecular weight excluding hydrogens is 385 g/mol. The highest BCUT2D eigenvalue weighted by molar-refractivity contribution is 7.89. The Morgan fingerprint density at radius 1 is 1.11 bits per heavy atom. The van der Waals surface area contributed by atoms with Crippen molar-refractivity contribution in [1.82, 2.24) is 4.72 Å². The van der Waals surface area contributed by atoms with Crippen LogP contribution in [0.15, 0.2) is 65.8 Å². The summed E-state index contributed by atoms with van der Waals surface area (Å²) in [6.45, 7) is 8.00. The van der Waals surface area contributed by atoms with Crippen LogP contribution in [-0.2, 0) is 25.8 Å². The lowest BCUT2D eigenvalue weighted by Crippen LogP contribution is -2.34. The summed E-state index contributed by atoms with van der Waals surface area (Å²) >= 11 is 5.79. The summed E-state index contributed by atoms with van der Waals surface area (Å²) in [4.78, 5) is 0.195. The number of nitrogens with one attached hydrogen (secondary N) is 1. The van der Waals surface area contributed by atoms with Crippen molar-refractivity contribution in [3.63, 3.8) is 0 Å². The normalized spacial score (nSPS) is 16.4. The van der Waals surface area contributed by atoms with Gasteiger partial charge < -0.3 is 9.31 Å². The fourth-order valence-electron chi connectivity index (χ4n) is 2.63. The van der Waals surface area contributed by atoms with Crippen LogP contribution in [0.3, 0.4) is 0 Å². The third kappa shape index (κ3) is 4.73. The Balaban J connectivity index is 1.56. The zero-order valence-electron chi connectivity index (χ0n) is 15.2. The Labute approximate surface area is 165 Å². The molecule has 3 rings (SSSR count). The highest BCUT2D eigenvalue weighted by Gasteiger charge is 2.42. The van der Waals surface area contributed by atoms with Gasteiger partial charge >= 0.3 is 7.12 Å². The lowest BCUT2D eigenvalue weighted by atomic mass is 9.79. The van der Waals surface area contributed by atoms with E-state index in [2.05, 4.69) is 11.3 Å². The average molecular weight is 406 g/mol. The molecule has 1 heterocycles. The minimum absolute atomic E-state index is 0.195. The lowest BCUT2D eigenvalue weighted by Gasteiger charge is -2.15. The van der Waals surface area contributed by atoms with E-state index in [0.717, 1.165) is 11.0 Å². The van der Waals surface area contributed by atoms with Gasteiger partial charge in [-0.3, -0.25) is 0 Å². The van der Waals surface area contributed by atoms with Crippen molar-refractivity contribution < 1.29 is 17.7 Å². The Bertz CT molecular complexity index is 927. The first-order chi connectivity index (χ1) is 12.7. The van der Waals surface area contributed by atoms with Crippen LogP contribution in [0, 0.1) is 0 Å². The zero-order chi connectivity index (χ0) is 19.7. The molecule has 0 atom stereocenters. The van der Waals surface area contributed by atoms with Gasteiger partial charge in [-0.2, -0.15) is 0 Å². The Kier molecular flexibility index (Phi) is 5.67. The number of hydrogen-bond acceptors (Lipinski definition) is 4. The van der Waals surface area contributed by atoms with Crippen molar-refractivity contribution in [3.05, 3.63) is 71.5 Å². The molecule has 0 amide bonds. The van der Waals surface area contributed by atoms with Crippen LogP contribution in [0.5, 0.6) is 0 Å². The molecule has 27 heavy (non-hydrogen) atoms. The van der Waals surface area contributed by atoms with Gasteiger partial charge in [0.05, 0.1) is 10.7 Å². The molecule has 8 heteroatoms. The summed E-state index contributed by atoms with van der Waals surface area (Å²) < 4.78 is 38.6. The maximum absolute atomic E-state index is 12.3. The highest BCUT2D eigenvalue weighted by Crippen LogP contribution is 2.29. The maximum atomic E-state index is 12.3. The van der Waals surface area contributed by atoms with E-state index in [-0.39, 0.29) is 4.90 Å². The van der Waals surface area contributed by atoms with Gasteiger partial charge in [0.1, 0.15) is 5.60 Å². The largest absolute Gasteiger partial charge is 0.563 e. The van der Waals surface area contributed by atoms with Gasteiger partial charge in [-0.1, -0.05) is 42.4 Å². The second-order valence-electron chi connectivity index (χ2n) is 6.84. The summed E-state index contributed by atoms with van der Waals surface area (Å²) in [6, 6.07) is 13.8. The molecule has 2 aromatic carbocycles. The van der Waals surface area contributed by atoms with Crippen LogP contribution in [0.4, 0.5) is 0 Å². The van der Waals surface area contributed by atoms with Crippen molar-refractivity contribution in [2.75, 3.05) is 6.54 Å². The first kappa shape index (κ1) is 20.0. The smallest absolute Gasteiger partial charge is 0.534 e. The van der Waals surface area contributed by atoms with Crippen molar-refractivity contribution in [2.24, 2.45) is 0 Å². The molecule has 1 N–H and O–H groups in total. The van der Waals surface area contributed by atoms with Gasteiger partial charge in [-0.25, -0.2) is 13.1 Å². The van der Waals surface area contributed by atoms with Crippen LogP contribution in [0.1, 0.15) is 19.4 Å².